The van der Waals surface area contributed by atoms with Crippen LogP contribution in [0, 0.1) is 0 Å². The SMILES string of the molecule is O=C(c1ccncc1)N1CCC[C@H](N2C=C(c3cc(Cl)c[nH]3)ON2)C1. The van der Waals surface area contributed by atoms with Gasteiger partial charge < -0.3 is 14.7 Å². The maximum atomic E-state index is 12.6. The third kappa shape index (κ3) is 3.33. The number of hydrogen-bond donors (Lipinski definition) is 2. The second-order valence-corrected chi connectivity index (χ2v) is 6.55. The summed E-state index contributed by atoms with van der Waals surface area (Å²) in [5.74, 6) is 0.706. The zero-order chi connectivity index (χ0) is 17.2. The van der Waals surface area contributed by atoms with E-state index < -0.39 is 0 Å². The van der Waals surface area contributed by atoms with Crippen LogP contribution in [-0.2, 0) is 4.84 Å². The van der Waals surface area contributed by atoms with E-state index in [0.717, 1.165) is 25.1 Å². The van der Waals surface area contributed by atoms with Gasteiger partial charge in [0.05, 0.1) is 23.0 Å². The average molecular weight is 360 g/mol. The third-order valence-corrected chi connectivity index (χ3v) is 4.65. The smallest absolute Gasteiger partial charge is 0.254 e. The normalized spacial score (nSPS) is 20.4. The van der Waals surface area contributed by atoms with E-state index >= 15 is 0 Å². The van der Waals surface area contributed by atoms with E-state index in [1.807, 2.05) is 16.1 Å². The topological polar surface area (TPSA) is 73.5 Å². The number of rotatable bonds is 3. The van der Waals surface area contributed by atoms with E-state index in [9.17, 15) is 4.79 Å². The Hall–Kier alpha value is -2.51. The van der Waals surface area contributed by atoms with Gasteiger partial charge in [-0.1, -0.05) is 17.2 Å². The number of H-pyrrole nitrogens is 1. The number of amides is 1. The highest BCUT2D eigenvalue weighted by Crippen LogP contribution is 2.25. The molecule has 2 aliphatic rings. The number of nitrogens with zero attached hydrogens (tertiary/aromatic N) is 3. The first-order valence-corrected chi connectivity index (χ1v) is 8.55. The second kappa shape index (κ2) is 6.78. The van der Waals surface area contributed by atoms with Gasteiger partial charge in [-0.25, -0.2) is 0 Å². The highest BCUT2D eigenvalue weighted by atomic mass is 35.5. The molecule has 0 radical (unpaired) electrons. The molecule has 1 fully saturated rings. The van der Waals surface area contributed by atoms with Crippen molar-refractivity contribution in [3.8, 4) is 0 Å². The van der Waals surface area contributed by atoms with Crippen molar-refractivity contribution in [1.82, 2.24) is 25.5 Å². The van der Waals surface area contributed by atoms with Gasteiger partial charge in [0, 0.05) is 37.2 Å². The van der Waals surface area contributed by atoms with E-state index in [1.54, 1.807) is 36.8 Å². The van der Waals surface area contributed by atoms with Gasteiger partial charge in [-0.2, -0.15) is 0 Å². The zero-order valence-electron chi connectivity index (χ0n) is 13.5. The lowest BCUT2D eigenvalue weighted by Gasteiger charge is -2.36. The van der Waals surface area contributed by atoms with Gasteiger partial charge in [0.15, 0.2) is 5.76 Å². The third-order valence-electron chi connectivity index (χ3n) is 4.43. The van der Waals surface area contributed by atoms with Crippen molar-refractivity contribution in [2.24, 2.45) is 0 Å². The highest BCUT2D eigenvalue weighted by Gasteiger charge is 2.30. The summed E-state index contributed by atoms with van der Waals surface area (Å²) < 4.78 is 0. The van der Waals surface area contributed by atoms with Gasteiger partial charge in [0.2, 0.25) is 0 Å². The van der Waals surface area contributed by atoms with Gasteiger partial charge in [-0.15, -0.1) is 0 Å². The average Bonchev–Trinajstić information content (AvgIpc) is 3.31. The van der Waals surface area contributed by atoms with Crippen LogP contribution in [0.1, 0.15) is 28.9 Å². The van der Waals surface area contributed by atoms with Crippen molar-refractivity contribution in [3.05, 3.63) is 59.3 Å². The Balaban J connectivity index is 1.45. The molecule has 0 unspecified atom stereocenters. The number of pyridine rings is 1. The summed E-state index contributed by atoms with van der Waals surface area (Å²) in [7, 11) is 0. The summed E-state index contributed by atoms with van der Waals surface area (Å²) in [6.07, 6.45) is 8.80. The predicted molar refractivity (Wildman–Crippen MR) is 93.0 cm³/mol. The van der Waals surface area contributed by atoms with Gasteiger partial charge in [0.1, 0.15) is 0 Å². The molecule has 4 rings (SSSR count). The molecule has 0 spiro atoms. The van der Waals surface area contributed by atoms with Crippen LogP contribution in [0.5, 0.6) is 0 Å². The minimum atomic E-state index is 0.0348. The first-order chi connectivity index (χ1) is 12.2. The molecule has 1 saturated heterocycles. The molecule has 0 saturated carbocycles. The Morgan fingerprint density at radius 3 is 2.96 bits per heavy atom. The number of hydrogen-bond acceptors (Lipinski definition) is 5. The quantitative estimate of drug-likeness (QED) is 0.880. The summed E-state index contributed by atoms with van der Waals surface area (Å²) in [6.45, 7) is 1.39. The molecule has 0 aliphatic carbocycles. The summed E-state index contributed by atoms with van der Waals surface area (Å²) in [6, 6.07) is 5.44. The van der Waals surface area contributed by atoms with Gasteiger partial charge in [-0.3, -0.25) is 14.8 Å². The molecule has 2 aromatic heterocycles. The van der Waals surface area contributed by atoms with E-state index in [4.69, 9.17) is 16.4 Å². The molecular weight excluding hydrogens is 342 g/mol. The minimum Gasteiger partial charge on any atom is -0.385 e. The minimum absolute atomic E-state index is 0.0348. The number of aromatic amines is 1. The molecule has 8 heteroatoms. The zero-order valence-corrected chi connectivity index (χ0v) is 14.2. The van der Waals surface area contributed by atoms with Crippen molar-refractivity contribution in [3.63, 3.8) is 0 Å². The van der Waals surface area contributed by atoms with E-state index in [2.05, 4.69) is 15.6 Å². The van der Waals surface area contributed by atoms with Crippen LogP contribution >= 0.6 is 11.6 Å². The van der Waals surface area contributed by atoms with Crippen molar-refractivity contribution >= 4 is 23.3 Å². The Morgan fingerprint density at radius 1 is 1.36 bits per heavy atom. The van der Waals surface area contributed by atoms with Crippen LogP contribution in [-0.4, -0.2) is 44.9 Å². The lowest BCUT2D eigenvalue weighted by Crippen LogP contribution is -2.50. The number of aromatic nitrogens is 2. The standard InChI is InChI=1S/C17H18ClN5O2/c18-13-8-15(20-9-13)16-11-23(21-25-16)14-2-1-7-22(10-14)17(24)12-3-5-19-6-4-12/h3-6,8-9,11,14,20-21H,1-2,7,10H2/t14-/m0/s1. The number of carbonyl (C=O) groups is 1. The molecule has 2 aromatic rings. The fraction of sp³-hybridized carbons (Fsp3) is 0.294. The molecule has 1 amide bonds. The van der Waals surface area contributed by atoms with Crippen LogP contribution in [0.25, 0.3) is 5.76 Å². The number of carbonyl (C=O) groups excluding carboxylic acids is 1. The number of piperidine rings is 1. The van der Waals surface area contributed by atoms with Crippen molar-refractivity contribution in [1.29, 1.82) is 0 Å². The largest absolute Gasteiger partial charge is 0.385 e. The predicted octanol–water partition coefficient (Wildman–Crippen LogP) is 2.42. The molecule has 1 atom stereocenters. The van der Waals surface area contributed by atoms with E-state index in [-0.39, 0.29) is 11.9 Å². The van der Waals surface area contributed by atoms with E-state index in [1.165, 1.54) is 0 Å². The molecule has 130 valence electrons. The Labute approximate surface area is 150 Å². The first kappa shape index (κ1) is 16.0. The second-order valence-electron chi connectivity index (χ2n) is 6.11. The Kier molecular flexibility index (Phi) is 4.33. The van der Waals surface area contributed by atoms with Gasteiger partial charge in [-0.05, 0) is 31.0 Å². The monoisotopic (exact) mass is 359 g/mol. The lowest BCUT2D eigenvalue weighted by atomic mass is 10.0. The van der Waals surface area contributed by atoms with Crippen LogP contribution < -0.4 is 5.59 Å². The summed E-state index contributed by atoms with van der Waals surface area (Å²) in [5.41, 5.74) is 4.38. The Bertz CT molecular complexity index is 791. The number of nitrogens with one attached hydrogen (secondary N) is 2. The van der Waals surface area contributed by atoms with Crippen molar-refractivity contribution in [2.75, 3.05) is 13.1 Å². The number of halogens is 1. The maximum Gasteiger partial charge on any atom is 0.254 e. The molecule has 4 heterocycles. The molecule has 25 heavy (non-hydrogen) atoms. The number of hydrazine groups is 1. The number of likely N-dealkylation sites (tertiary alicyclic amines) is 1. The highest BCUT2D eigenvalue weighted by molar-refractivity contribution is 6.30. The van der Waals surface area contributed by atoms with Gasteiger partial charge >= 0.3 is 0 Å². The summed E-state index contributed by atoms with van der Waals surface area (Å²) >= 11 is 5.94. The lowest BCUT2D eigenvalue weighted by molar-refractivity contribution is -0.00252. The van der Waals surface area contributed by atoms with Crippen molar-refractivity contribution in [2.45, 2.75) is 18.9 Å². The maximum absolute atomic E-state index is 12.6. The van der Waals surface area contributed by atoms with Crippen LogP contribution in [0.4, 0.5) is 0 Å². The van der Waals surface area contributed by atoms with Crippen LogP contribution in [0.3, 0.4) is 0 Å². The van der Waals surface area contributed by atoms with Crippen LogP contribution in [0.2, 0.25) is 5.02 Å². The molecular formula is C17H18ClN5O2. The molecule has 7 nitrogen and oxygen atoms in total. The summed E-state index contributed by atoms with van der Waals surface area (Å²) in [5, 5.41) is 2.54. The fourth-order valence-electron chi connectivity index (χ4n) is 3.14. The molecule has 0 aromatic carbocycles. The van der Waals surface area contributed by atoms with Crippen LogP contribution in [0.15, 0.2) is 43.0 Å². The van der Waals surface area contributed by atoms with E-state index in [0.29, 0.717) is 22.9 Å². The Morgan fingerprint density at radius 2 is 2.20 bits per heavy atom. The van der Waals surface area contributed by atoms with Gasteiger partial charge in [0.25, 0.3) is 5.91 Å². The first-order valence-electron chi connectivity index (χ1n) is 8.17. The molecule has 0 bridgehead atoms. The van der Waals surface area contributed by atoms with Crippen molar-refractivity contribution < 1.29 is 9.63 Å². The molecule has 2 aliphatic heterocycles. The summed E-state index contributed by atoms with van der Waals surface area (Å²) in [4.78, 5) is 27.1. The fourth-order valence-corrected chi connectivity index (χ4v) is 3.30. The molecule has 2 N–H and O–H groups in total.